The van der Waals surface area contributed by atoms with Gasteiger partial charge < -0.3 is 10.2 Å². The molecule has 1 aromatic carbocycles. The van der Waals surface area contributed by atoms with Crippen molar-refractivity contribution >= 4 is 15.5 Å². The van der Waals surface area contributed by atoms with Crippen molar-refractivity contribution in [3.8, 4) is 0 Å². The predicted molar refractivity (Wildman–Crippen MR) is 80.4 cm³/mol. The highest BCUT2D eigenvalue weighted by Gasteiger charge is 2.18. The molecule has 0 aliphatic rings. The van der Waals surface area contributed by atoms with Gasteiger partial charge in [-0.25, -0.2) is 8.42 Å². The third kappa shape index (κ3) is 5.61. The molecule has 0 amide bonds. The van der Waals surface area contributed by atoms with Gasteiger partial charge >= 0.3 is 0 Å². The number of rotatable bonds is 6. The first kappa shape index (κ1) is 16.0. The highest BCUT2D eigenvalue weighted by Crippen LogP contribution is 2.19. The Labute approximate surface area is 116 Å². The molecule has 0 atom stereocenters. The molecular formula is C14H24N2O2S. The van der Waals surface area contributed by atoms with Crippen molar-refractivity contribution in [3.63, 3.8) is 0 Å². The minimum Gasteiger partial charge on any atom is -0.384 e. The van der Waals surface area contributed by atoms with E-state index in [1.54, 1.807) is 12.1 Å². The van der Waals surface area contributed by atoms with E-state index in [2.05, 4.69) is 38.2 Å². The van der Waals surface area contributed by atoms with Gasteiger partial charge in [-0.2, -0.15) is 0 Å². The summed E-state index contributed by atoms with van der Waals surface area (Å²) >= 11 is 0. The van der Waals surface area contributed by atoms with E-state index in [0.29, 0.717) is 4.90 Å². The lowest BCUT2D eigenvalue weighted by molar-refractivity contribution is 0.254. The van der Waals surface area contributed by atoms with Gasteiger partial charge in [-0.1, -0.05) is 13.8 Å². The van der Waals surface area contributed by atoms with E-state index in [0.717, 1.165) is 18.8 Å². The molecule has 0 aliphatic carbocycles. The van der Waals surface area contributed by atoms with Crippen LogP contribution >= 0.6 is 0 Å². The number of sulfone groups is 1. The maximum absolute atomic E-state index is 11.4. The van der Waals surface area contributed by atoms with Gasteiger partial charge in [-0.05, 0) is 43.8 Å². The van der Waals surface area contributed by atoms with Gasteiger partial charge in [0.25, 0.3) is 0 Å². The molecule has 1 N–H and O–H groups in total. The molecule has 0 fully saturated rings. The topological polar surface area (TPSA) is 49.4 Å². The van der Waals surface area contributed by atoms with Gasteiger partial charge in [0.1, 0.15) is 0 Å². The molecule has 0 aliphatic heterocycles. The van der Waals surface area contributed by atoms with Crippen molar-refractivity contribution < 1.29 is 8.42 Å². The zero-order valence-corrected chi connectivity index (χ0v) is 13.2. The minimum absolute atomic E-state index is 0.152. The predicted octanol–water partition coefficient (Wildman–Crippen LogP) is 2.09. The fraction of sp³-hybridized carbons (Fsp3) is 0.571. The molecule has 0 heterocycles. The van der Waals surface area contributed by atoms with Crippen LogP contribution in [-0.2, 0) is 9.84 Å². The van der Waals surface area contributed by atoms with Crippen LogP contribution in [0.3, 0.4) is 0 Å². The van der Waals surface area contributed by atoms with Crippen LogP contribution in [-0.4, -0.2) is 46.8 Å². The van der Waals surface area contributed by atoms with Crippen molar-refractivity contribution in [2.24, 2.45) is 5.41 Å². The number of nitrogens with one attached hydrogen (secondary N) is 1. The van der Waals surface area contributed by atoms with E-state index in [1.165, 1.54) is 6.26 Å². The van der Waals surface area contributed by atoms with Gasteiger partial charge in [0.2, 0.25) is 0 Å². The number of nitrogens with zero attached hydrogens (tertiary/aromatic N) is 1. The van der Waals surface area contributed by atoms with Crippen molar-refractivity contribution in [1.82, 2.24) is 4.90 Å². The molecule has 0 spiro atoms. The van der Waals surface area contributed by atoms with Crippen molar-refractivity contribution in [1.29, 1.82) is 0 Å². The summed E-state index contributed by atoms with van der Waals surface area (Å²) in [6, 6.07) is 6.89. The lowest BCUT2D eigenvalue weighted by Crippen LogP contribution is -2.34. The Hall–Kier alpha value is -1.07. The Morgan fingerprint density at radius 3 is 2.11 bits per heavy atom. The van der Waals surface area contributed by atoms with Crippen LogP contribution in [0.4, 0.5) is 5.69 Å². The van der Waals surface area contributed by atoms with Gasteiger partial charge in [-0.15, -0.1) is 0 Å². The second kappa shape index (κ2) is 5.92. The van der Waals surface area contributed by atoms with Crippen LogP contribution in [0.2, 0.25) is 0 Å². The Bertz CT molecular complexity index is 505. The molecule has 4 nitrogen and oxygen atoms in total. The van der Waals surface area contributed by atoms with Crippen LogP contribution in [0, 0.1) is 5.41 Å². The highest BCUT2D eigenvalue weighted by molar-refractivity contribution is 7.90. The lowest BCUT2D eigenvalue weighted by Gasteiger charge is -2.28. The minimum atomic E-state index is -3.11. The molecule has 1 aromatic rings. The summed E-state index contributed by atoms with van der Waals surface area (Å²) in [5.74, 6) is 0. The summed E-state index contributed by atoms with van der Waals surface area (Å²) in [4.78, 5) is 2.51. The van der Waals surface area contributed by atoms with Gasteiger partial charge in [0.05, 0.1) is 4.90 Å². The molecule has 0 bridgehead atoms. The summed E-state index contributed by atoms with van der Waals surface area (Å²) in [5.41, 5.74) is 1.10. The van der Waals surface area contributed by atoms with Crippen LogP contribution in [0.1, 0.15) is 13.8 Å². The molecule has 0 radical (unpaired) electrons. The normalized spacial score (nSPS) is 12.7. The van der Waals surface area contributed by atoms with Crippen molar-refractivity contribution in [3.05, 3.63) is 24.3 Å². The van der Waals surface area contributed by atoms with Crippen LogP contribution in [0.5, 0.6) is 0 Å². The highest BCUT2D eigenvalue weighted by atomic mass is 32.2. The SMILES string of the molecule is CN(C)CC(C)(C)CNc1ccc(S(C)(=O)=O)cc1. The monoisotopic (exact) mass is 284 g/mol. The summed E-state index contributed by atoms with van der Waals surface area (Å²) in [6.07, 6.45) is 1.22. The van der Waals surface area contributed by atoms with Gasteiger partial charge in [0, 0.05) is 25.0 Å². The van der Waals surface area contributed by atoms with E-state index in [9.17, 15) is 8.42 Å². The fourth-order valence-corrected chi connectivity index (χ4v) is 2.70. The van der Waals surface area contributed by atoms with E-state index < -0.39 is 9.84 Å². The molecular weight excluding hydrogens is 260 g/mol. The maximum Gasteiger partial charge on any atom is 0.175 e. The van der Waals surface area contributed by atoms with Crippen LogP contribution in [0.25, 0.3) is 0 Å². The standard InChI is InChI=1S/C14H24N2O2S/c1-14(2,11-16(3)4)10-15-12-6-8-13(9-7-12)19(5,17)18/h6-9,15H,10-11H2,1-5H3. The zero-order chi connectivity index (χ0) is 14.7. The maximum atomic E-state index is 11.4. The summed E-state index contributed by atoms with van der Waals surface area (Å²) in [5, 5.41) is 3.35. The molecule has 0 saturated carbocycles. The second-order valence-corrected chi connectivity index (χ2v) is 8.07. The average molecular weight is 284 g/mol. The van der Waals surface area contributed by atoms with Crippen molar-refractivity contribution in [2.75, 3.05) is 38.8 Å². The number of hydrogen-bond acceptors (Lipinski definition) is 4. The van der Waals surface area contributed by atoms with E-state index >= 15 is 0 Å². The average Bonchev–Trinajstić information content (AvgIpc) is 2.24. The Morgan fingerprint density at radius 1 is 1.16 bits per heavy atom. The Kier molecular flexibility index (Phi) is 4.98. The first-order valence-electron chi connectivity index (χ1n) is 6.29. The number of hydrogen-bond donors (Lipinski definition) is 1. The quantitative estimate of drug-likeness (QED) is 0.869. The van der Waals surface area contributed by atoms with Crippen molar-refractivity contribution in [2.45, 2.75) is 18.7 Å². The summed E-state index contributed by atoms with van der Waals surface area (Å²) in [7, 11) is 1.00. The van der Waals surface area contributed by atoms with Gasteiger partial charge in [-0.3, -0.25) is 0 Å². The van der Waals surface area contributed by atoms with Gasteiger partial charge in [0.15, 0.2) is 9.84 Å². The molecule has 0 aromatic heterocycles. The third-order valence-corrected chi connectivity index (χ3v) is 3.93. The van der Waals surface area contributed by atoms with E-state index in [1.807, 2.05) is 12.1 Å². The molecule has 19 heavy (non-hydrogen) atoms. The molecule has 1 rings (SSSR count). The fourth-order valence-electron chi connectivity index (χ4n) is 2.07. The van der Waals surface area contributed by atoms with E-state index in [-0.39, 0.29) is 5.41 Å². The van der Waals surface area contributed by atoms with E-state index in [4.69, 9.17) is 0 Å². The third-order valence-electron chi connectivity index (χ3n) is 2.80. The number of benzene rings is 1. The Morgan fingerprint density at radius 2 is 1.68 bits per heavy atom. The van der Waals surface area contributed by atoms with Crippen LogP contribution in [0.15, 0.2) is 29.2 Å². The summed E-state index contributed by atoms with van der Waals surface area (Å²) in [6.45, 7) is 6.22. The Balaban J connectivity index is 2.64. The van der Waals surface area contributed by atoms with Crippen LogP contribution < -0.4 is 5.32 Å². The number of anilines is 1. The molecule has 5 heteroatoms. The molecule has 108 valence electrons. The smallest absolute Gasteiger partial charge is 0.175 e. The first-order chi connectivity index (χ1) is 8.60. The second-order valence-electron chi connectivity index (χ2n) is 6.05. The largest absolute Gasteiger partial charge is 0.384 e. The first-order valence-corrected chi connectivity index (χ1v) is 8.18. The molecule has 0 unspecified atom stereocenters. The zero-order valence-electron chi connectivity index (χ0n) is 12.4. The summed E-state index contributed by atoms with van der Waals surface area (Å²) < 4.78 is 22.7. The lowest BCUT2D eigenvalue weighted by atomic mass is 9.93. The molecule has 0 saturated heterocycles.